The van der Waals surface area contributed by atoms with Crippen molar-refractivity contribution >= 4 is 12.3 Å². The van der Waals surface area contributed by atoms with Crippen molar-refractivity contribution in [3.05, 3.63) is 25.3 Å². The lowest BCUT2D eigenvalue weighted by Crippen LogP contribution is -2.27. The highest BCUT2D eigenvalue weighted by Gasteiger charge is 2.11. The second kappa shape index (κ2) is 5.41. The smallest absolute Gasteiger partial charge is 0.288 e. The number of carbonyl (C=O) groups excluding carboxylic acids is 2. The van der Waals surface area contributed by atoms with Crippen molar-refractivity contribution in [2.45, 2.75) is 6.42 Å². The molecular formula is C8H10NO2. The molecule has 0 aromatic heterocycles. The van der Waals surface area contributed by atoms with Crippen LogP contribution in [0, 0.1) is 5.92 Å². The normalized spacial score (nSPS) is 11.3. The molecule has 0 aromatic rings. The Kier molecular flexibility index (Phi) is 4.73. The molecule has 0 fully saturated rings. The van der Waals surface area contributed by atoms with E-state index in [1.165, 1.54) is 12.5 Å². The van der Waals surface area contributed by atoms with Gasteiger partial charge in [0.25, 0.3) is 0 Å². The largest absolute Gasteiger partial charge is 0.316 e. The van der Waals surface area contributed by atoms with Crippen molar-refractivity contribution in [3.8, 4) is 0 Å². The van der Waals surface area contributed by atoms with E-state index in [-0.39, 0.29) is 5.92 Å². The topological polar surface area (TPSA) is 46.2 Å². The molecule has 0 saturated carbocycles. The average Bonchev–Trinajstić information content (AvgIpc) is 2.00. The summed E-state index contributed by atoms with van der Waals surface area (Å²) in [5.41, 5.74) is 0. The number of nitrogens with one attached hydrogen (secondary N) is 1. The van der Waals surface area contributed by atoms with Crippen molar-refractivity contribution in [1.29, 1.82) is 0 Å². The number of allylic oxidation sites excluding steroid dienone is 1. The molecule has 0 rings (SSSR count). The molecule has 0 saturated heterocycles. The summed E-state index contributed by atoms with van der Waals surface area (Å²) in [7, 11) is 0. The minimum Gasteiger partial charge on any atom is -0.288 e. The summed E-state index contributed by atoms with van der Waals surface area (Å²) < 4.78 is 0. The van der Waals surface area contributed by atoms with E-state index in [9.17, 15) is 9.59 Å². The Morgan fingerprint density at radius 1 is 1.64 bits per heavy atom. The average molecular weight is 152 g/mol. The molecule has 0 aliphatic heterocycles. The number of hydrogen-bond acceptors (Lipinski definition) is 2. The Hall–Kier alpha value is -1.38. The molecule has 1 N–H and O–H groups in total. The van der Waals surface area contributed by atoms with Gasteiger partial charge >= 0.3 is 6.41 Å². The maximum atomic E-state index is 10.9. The van der Waals surface area contributed by atoms with Crippen LogP contribution in [0.15, 0.2) is 25.3 Å². The summed E-state index contributed by atoms with van der Waals surface area (Å²) in [5.74, 6) is -0.774. The molecule has 59 valence electrons. The zero-order valence-electron chi connectivity index (χ0n) is 6.17. The minimum absolute atomic E-state index is 0.381. The van der Waals surface area contributed by atoms with Gasteiger partial charge in [-0.2, -0.15) is 0 Å². The van der Waals surface area contributed by atoms with Gasteiger partial charge in [-0.25, -0.2) is 0 Å². The number of imide groups is 1. The molecule has 11 heavy (non-hydrogen) atoms. The lowest BCUT2D eigenvalue weighted by Gasteiger charge is -2.04. The van der Waals surface area contributed by atoms with Crippen LogP contribution in [0.3, 0.4) is 0 Å². The predicted octanol–water partition coefficient (Wildman–Crippen LogP) is 0.548. The molecule has 3 nitrogen and oxygen atoms in total. The van der Waals surface area contributed by atoms with Crippen LogP contribution in [0.25, 0.3) is 0 Å². The highest BCUT2D eigenvalue weighted by molar-refractivity contribution is 5.89. The van der Waals surface area contributed by atoms with Gasteiger partial charge in [0.15, 0.2) is 0 Å². The van der Waals surface area contributed by atoms with E-state index in [4.69, 9.17) is 0 Å². The summed E-state index contributed by atoms with van der Waals surface area (Å²) in [4.78, 5) is 20.6. The lowest BCUT2D eigenvalue weighted by molar-refractivity contribution is -0.122. The van der Waals surface area contributed by atoms with E-state index >= 15 is 0 Å². The van der Waals surface area contributed by atoms with Crippen LogP contribution in [0.4, 0.5) is 0 Å². The van der Waals surface area contributed by atoms with Gasteiger partial charge in [-0.3, -0.25) is 14.9 Å². The third-order valence-electron chi connectivity index (χ3n) is 1.22. The Bertz CT molecular complexity index is 175. The van der Waals surface area contributed by atoms with Crippen LogP contribution in [0.1, 0.15) is 6.42 Å². The summed E-state index contributed by atoms with van der Waals surface area (Å²) in [6.07, 6.45) is 4.85. The van der Waals surface area contributed by atoms with Gasteiger partial charge in [-0.1, -0.05) is 12.2 Å². The molecule has 0 aromatic carbocycles. The van der Waals surface area contributed by atoms with Crippen molar-refractivity contribution in [1.82, 2.24) is 5.32 Å². The monoisotopic (exact) mass is 152 g/mol. The van der Waals surface area contributed by atoms with Gasteiger partial charge < -0.3 is 0 Å². The fraction of sp³-hybridized carbons (Fsp3) is 0.250. The predicted molar refractivity (Wildman–Crippen MR) is 42.3 cm³/mol. The molecule has 0 aliphatic rings. The third kappa shape index (κ3) is 3.35. The first-order valence-corrected chi connectivity index (χ1v) is 3.16. The molecule has 0 spiro atoms. The molecular weight excluding hydrogens is 142 g/mol. The quantitative estimate of drug-likeness (QED) is 0.462. The molecule has 0 heterocycles. The Labute approximate surface area is 65.8 Å². The molecule has 3 heteroatoms. The molecule has 2 amide bonds. The van der Waals surface area contributed by atoms with Crippen molar-refractivity contribution in [2.75, 3.05) is 0 Å². The van der Waals surface area contributed by atoms with Crippen molar-refractivity contribution in [3.63, 3.8) is 0 Å². The van der Waals surface area contributed by atoms with Crippen LogP contribution < -0.4 is 5.32 Å². The number of amides is 2. The Morgan fingerprint density at radius 3 is 2.64 bits per heavy atom. The SMILES string of the molecule is C=CCC(C=C)C(=O)N[C]=O. The summed E-state index contributed by atoms with van der Waals surface area (Å²) in [5, 5.41) is 1.92. The van der Waals surface area contributed by atoms with Crippen molar-refractivity contribution in [2.24, 2.45) is 5.92 Å². The van der Waals surface area contributed by atoms with E-state index in [1.54, 1.807) is 6.08 Å². The van der Waals surface area contributed by atoms with E-state index in [1.807, 2.05) is 5.32 Å². The van der Waals surface area contributed by atoms with Crippen LogP contribution in [-0.2, 0) is 9.59 Å². The van der Waals surface area contributed by atoms with Gasteiger partial charge in [-0.05, 0) is 6.42 Å². The number of hydrogen-bond donors (Lipinski definition) is 1. The third-order valence-corrected chi connectivity index (χ3v) is 1.22. The van der Waals surface area contributed by atoms with Crippen molar-refractivity contribution < 1.29 is 9.59 Å². The maximum absolute atomic E-state index is 10.9. The van der Waals surface area contributed by atoms with E-state index in [0.717, 1.165) is 0 Å². The second-order valence-corrected chi connectivity index (χ2v) is 1.96. The van der Waals surface area contributed by atoms with E-state index in [0.29, 0.717) is 6.42 Å². The van der Waals surface area contributed by atoms with Gasteiger partial charge in [-0.15, -0.1) is 13.2 Å². The Balaban J connectivity index is 4.00. The van der Waals surface area contributed by atoms with E-state index < -0.39 is 5.91 Å². The standard InChI is InChI=1S/C8H10NO2/c1-3-5-7(4-2)8(11)9-6-10/h3-4,7H,1-2,5H2,(H,9,10,11). The molecule has 1 radical (unpaired) electrons. The second-order valence-electron chi connectivity index (χ2n) is 1.96. The van der Waals surface area contributed by atoms with Gasteiger partial charge in [0.1, 0.15) is 0 Å². The molecule has 1 unspecified atom stereocenters. The first-order chi connectivity index (χ1) is 5.26. The van der Waals surface area contributed by atoms with Crippen LogP contribution in [0.2, 0.25) is 0 Å². The van der Waals surface area contributed by atoms with Gasteiger partial charge in [0.2, 0.25) is 5.91 Å². The summed E-state index contributed by atoms with van der Waals surface area (Å²) in [6.45, 7) is 6.91. The molecule has 0 bridgehead atoms. The van der Waals surface area contributed by atoms with Gasteiger partial charge in [0, 0.05) is 0 Å². The summed E-state index contributed by atoms with van der Waals surface area (Å²) in [6, 6.07) is 0. The fourth-order valence-electron chi connectivity index (χ4n) is 0.633. The maximum Gasteiger partial charge on any atom is 0.316 e. The molecule has 1 atom stereocenters. The fourth-order valence-corrected chi connectivity index (χ4v) is 0.633. The first-order valence-electron chi connectivity index (χ1n) is 3.16. The highest BCUT2D eigenvalue weighted by atomic mass is 16.2. The van der Waals surface area contributed by atoms with Gasteiger partial charge in [0.05, 0.1) is 5.92 Å². The highest BCUT2D eigenvalue weighted by Crippen LogP contribution is 2.03. The first kappa shape index (κ1) is 9.62. The lowest BCUT2D eigenvalue weighted by atomic mass is 10.1. The van der Waals surface area contributed by atoms with Crippen LogP contribution in [-0.4, -0.2) is 12.3 Å². The van der Waals surface area contributed by atoms with E-state index in [2.05, 4.69) is 13.2 Å². The van der Waals surface area contributed by atoms with Crippen LogP contribution >= 0.6 is 0 Å². The summed E-state index contributed by atoms with van der Waals surface area (Å²) >= 11 is 0. The Morgan fingerprint density at radius 2 is 2.27 bits per heavy atom. The number of carbonyl (C=O) groups is 1. The minimum atomic E-state index is -0.394. The van der Waals surface area contributed by atoms with Crippen LogP contribution in [0.5, 0.6) is 0 Å². The zero-order valence-corrected chi connectivity index (χ0v) is 6.17. The molecule has 0 aliphatic carbocycles. The number of rotatable bonds is 5. The zero-order chi connectivity index (χ0) is 8.69.